The van der Waals surface area contributed by atoms with E-state index in [1.54, 1.807) is 6.07 Å². The molecule has 0 aliphatic carbocycles. The van der Waals surface area contributed by atoms with E-state index in [-0.39, 0.29) is 5.56 Å². The number of carbonyl (C=O) groups excluding carboxylic acids is 1. The molecule has 0 saturated heterocycles. The van der Waals surface area contributed by atoms with E-state index in [0.29, 0.717) is 5.13 Å². The molecular weight excluding hydrogens is 286 g/mol. The second kappa shape index (κ2) is 5.49. The Morgan fingerprint density at radius 1 is 1.38 bits per heavy atom. The molecule has 0 bridgehead atoms. The first kappa shape index (κ1) is 13.5. The van der Waals surface area contributed by atoms with Crippen LogP contribution < -0.4 is 10.9 Å². The summed E-state index contributed by atoms with van der Waals surface area (Å²) in [4.78, 5) is 30.5. The van der Waals surface area contributed by atoms with Crippen molar-refractivity contribution >= 4 is 32.6 Å². The minimum atomic E-state index is -0.452. The molecule has 0 aliphatic rings. The van der Waals surface area contributed by atoms with Crippen molar-refractivity contribution in [1.82, 2.24) is 9.97 Å². The number of benzene rings is 1. The van der Waals surface area contributed by atoms with Gasteiger partial charge in [0.25, 0.3) is 11.5 Å². The zero-order valence-corrected chi connectivity index (χ0v) is 12.2. The van der Waals surface area contributed by atoms with Gasteiger partial charge in [-0.15, -0.1) is 0 Å². The van der Waals surface area contributed by atoms with Crippen LogP contribution in [0.1, 0.15) is 22.8 Å². The standard InChI is InChI=1S/C15H13N3O2S/c1-2-9-5-6-11-12(8-9)21-15(17-11)18-14(20)10-4-3-7-16-13(10)19/h3-8H,2H2,1H3,(H,16,19)(H,17,18,20). The van der Waals surface area contributed by atoms with Crippen LogP contribution in [-0.4, -0.2) is 15.9 Å². The number of H-pyrrole nitrogens is 1. The molecule has 0 unspecified atom stereocenters. The van der Waals surface area contributed by atoms with Gasteiger partial charge < -0.3 is 4.98 Å². The summed E-state index contributed by atoms with van der Waals surface area (Å²) in [6, 6.07) is 9.13. The predicted molar refractivity (Wildman–Crippen MR) is 84.0 cm³/mol. The summed E-state index contributed by atoms with van der Waals surface area (Å²) in [6.45, 7) is 2.09. The molecule has 0 fully saturated rings. The van der Waals surface area contributed by atoms with Gasteiger partial charge in [0.15, 0.2) is 5.13 Å². The quantitative estimate of drug-likeness (QED) is 0.781. The maximum atomic E-state index is 12.1. The van der Waals surface area contributed by atoms with E-state index >= 15 is 0 Å². The van der Waals surface area contributed by atoms with Crippen LogP contribution in [-0.2, 0) is 6.42 Å². The molecule has 2 N–H and O–H groups in total. The van der Waals surface area contributed by atoms with E-state index in [1.807, 2.05) is 12.1 Å². The summed E-state index contributed by atoms with van der Waals surface area (Å²) in [5.74, 6) is -0.452. The van der Waals surface area contributed by atoms with Crippen molar-refractivity contribution in [2.75, 3.05) is 5.32 Å². The highest BCUT2D eigenvalue weighted by molar-refractivity contribution is 7.22. The van der Waals surface area contributed by atoms with Gasteiger partial charge in [0, 0.05) is 6.20 Å². The van der Waals surface area contributed by atoms with Gasteiger partial charge in [-0.3, -0.25) is 14.9 Å². The first-order valence-corrected chi connectivity index (χ1v) is 7.37. The van der Waals surface area contributed by atoms with E-state index in [2.05, 4.69) is 28.3 Å². The van der Waals surface area contributed by atoms with Crippen LogP contribution in [0.4, 0.5) is 5.13 Å². The molecular formula is C15H13N3O2S. The molecule has 21 heavy (non-hydrogen) atoms. The number of fused-ring (bicyclic) bond motifs is 1. The van der Waals surface area contributed by atoms with Gasteiger partial charge in [0.2, 0.25) is 0 Å². The van der Waals surface area contributed by atoms with E-state index < -0.39 is 11.5 Å². The number of nitrogens with zero attached hydrogens (tertiary/aromatic N) is 1. The smallest absolute Gasteiger partial charge is 0.263 e. The number of amides is 1. The Morgan fingerprint density at radius 3 is 3.00 bits per heavy atom. The molecule has 0 saturated carbocycles. The number of aromatic nitrogens is 2. The lowest BCUT2D eigenvalue weighted by atomic mass is 10.2. The fourth-order valence-corrected chi connectivity index (χ4v) is 2.93. The van der Waals surface area contributed by atoms with Crippen LogP contribution in [0.3, 0.4) is 0 Å². The van der Waals surface area contributed by atoms with E-state index in [1.165, 1.54) is 29.2 Å². The average Bonchev–Trinajstić information content (AvgIpc) is 2.88. The molecule has 2 heterocycles. The van der Waals surface area contributed by atoms with Gasteiger partial charge in [-0.05, 0) is 36.2 Å². The molecule has 3 aromatic rings. The number of thiazole rings is 1. The summed E-state index contributed by atoms with van der Waals surface area (Å²) < 4.78 is 1.02. The lowest BCUT2D eigenvalue weighted by Gasteiger charge is -1.99. The van der Waals surface area contributed by atoms with Crippen LogP contribution in [0.25, 0.3) is 10.2 Å². The normalized spacial score (nSPS) is 10.7. The Hall–Kier alpha value is -2.47. The Labute approximate surface area is 124 Å². The van der Waals surface area contributed by atoms with Crippen molar-refractivity contribution in [3.05, 3.63) is 58.0 Å². The molecule has 0 radical (unpaired) electrons. The molecule has 5 nitrogen and oxygen atoms in total. The fourth-order valence-electron chi connectivity index (χ4n) is 2.01. The minimum Gasteiger partial charge on any atom is -0.328 e. The third-order valence-corrected chi connectivity index (χ3v) is 4.08. The zero-order valence-electron chi connectivity index (χ0n) is 11.3. The summed E-state index contributed by atoms with van der Waals surface area (Å²) in [5, 5.41) is 3.17. The Kier molecular flexibility index (Phi) is 3.53. The number of aromatic amines is 1. The number of pyridine rings is 1. The number of hydrogen-bond donors (Lipinski definition) is 2. The molecule has 0 aliphatic heterocycles. The second-order valence-corrected chi connectivity index (χ2v) is 5.57. The lowest BCUT2D eigenvalue weighted by Crippen LogP contribution is -2.22. The summed E-state index contributed by atoms with van der Waals surface area (Å²) in [7, 11) is 0. The molecule has 0 atom stereocenters. The molecule has 1 aromatic carbocycles. The van der Waals surface area contributed by atoms with E-state index in [4.69, 9.17) is 0 Å². The maximum absolute atomic E-state index is 12.1. The number of carbonyl (C=O) groups is 1. The molecule has 106 valence electrons. The second-order valence-electron chi connectivity index (χ2n) is 4.54. The topological polar surface area (TPSA) is 74.8 Å². The van der Waals surface area contributed by atoms with Crippen LogP contribution in [0, 0.1) is 0 Å². The van der Waals surface area contributed by atoms with Crippen molar-refractivity contribution in [3.8, 4) is 0 Å². The van der Waals surface area contributed by atoms with Crippen molar-refractivity contribution in [3.63, 3.8) is 0 Å². The summed E-state index contributed by atoms with van der Waals surface area (Å²) in [6.07, 6.45) is 2.44. The molecule has 3 rings (SSSR count). The first-order valence-electron chi connectivity index (χ1n) is 6.56. The van der Waals surface area contributed by atoms with Crippen LogP contribution in [0.15, 0.2) is 41.3 Å². The Balaban J connectivity index is 1.90. The SMILES string of the molecule is CCc1ccc2nc(NC(=O)c3ccc[nH]c3=O)sc2c1. The van der Waals surface area contributed by atoms with Crippen LogP contribution in [0.2, 0.25) is 0 Å². The van der Waals surface area contributed by atoms with Gasteiger partial charge in [-0.1, -0.05) is 24.3 Å². The van der Waals surface area contributed by atoms with Crippen molar-refractivity contribution in [2.24, 2.45) is 0 Å². The van der Waals surface area contributed by atoms with E-state index in [0.717, 1.165) is 16.6 Å². The Bertz CT molecular complexity index is 866. The van der Waals surface area contributed by atoms with Gasteiger partial charge in [0.05, 0.1) is 10.2 Å². The third-order valence-electron chi connectivity index (χ3n) is 3.14. The summed E-state index contributed by atoms with van der Waals surface area (Å²) >= 11 is 1.40. The monoisotopic (exact) mass is 299 g/mol. The molecule has 1 amide bonds. The zero-order chi connectivity index (χ0) is 14.8. The van der Waals surface area contributed by atoms with Gasteiger partial charge in [0.1, 0.15) is 5.56 Å². The highest BCUT2D eigenvalue weighted by Gasteiger charge is 2.12. The maximum Gasteiger partial charge on any atom is 0.263 e. The average molecular weight is 299 g/mol. The highest BCUT2D eigenvalue weighted by atomic mass is 32.1. The molecule has 6 heteroatoms. The highest BCUT2D eigenvalue weighted by Crippen LogP contribution is 2.27. The van der Waals surface area contributed by atoms with E-state index in [9.17, 15) is 9.59 Å². The fraction of sp³-hybridized carbons (Fsp3) is 0.133. The van der Waals surface area contributed by atoms with Crippen molar-refractivity contribution in [1.29, 1.82) is 0 Å². The van der Waals surface area contributed by atoms with Crippen LogP contribution in [0.5, 0.6) is 0 Å². The van der Waals surface area contributed by atoms with Crippen molar-refractivity contribution in [2.45, 2.75) is 13.3 Å². The van der Waals surface area contributed by atoms with Gasteiger partial charge in [-0.25, -0.2) is 4.98 Å². The Morgan fingerprint density at radius 2 is 2.24 bits per heavy atom. The summed E-state index contributed by atoms with van der Waals surface area (Å²) in [5.41, 5.74) is 1.73. The third kappa shape index (κ3) is 2.71. The van der Waals surface area contributed by atoms with Crippen molar-refractivity contribution < 1.29 is 4.79 Å². The molecule has 0 spiro atoms. The first-order chi connectivity index (χ1) is 10.2. The number of aryl methyl sites for hydroxylation is 1. The number of rotatable bonds is 3. The van der Waals surface area contributed by atoms with Gasteiger partial charge in [-0.2, -0.15) is 0 Å². The number of anilines is 1. The number of nitrogens with one attached hydrogen (secondary N) is 2. The largest absolute Gasteiger partial charge is 0.328 e. The molecule has 2 aromatic heterocycles. The minimum absolute atomic E-state index is 0.0750. The van der Waals surface area contributed by atoms with Crippen LogP contribution >= 0.6 is 11.3 Å². The van der Waals surface area contributed by atoms with Gasteiger partial charge >= 0.3 is 0 Å². The number of hydrogen-bond acceptors (Lipinski definition) is 4. The predicted octanol–water partition coefficient (Wildman–Crippen LogP) is 2.80. The lowest BCUT2D eigenvalue weighted by molar-refractivity contribution is 0.102.